The Balaban J connectivity index is 1.96. The lowest BCUT2D eigenvalue weighted by Gasteiger charge is -2.20. The molecule has 2 amide bonds. The number of imide groups is 1. The van der Waals surface area contributed by atoms with Crippen LogP contribution in [0.3, 0.4) is 0 Å². The van der Waals surface area contributed by atoms with Gasteiger partial charge in [0.05, 0.1) is 24.8 Å². The molecule has 1 aliphatic rings. The number of amides is 2. The number of ether oxygens (including phenoxy) is 2. The molecule has 1 saturated heterocycles. The van der Waals surface area contributed by atoms with Gasteiger partial charge in [-0.05, 0) is 31.2 Å². The van der Waals surface area contributed by atoms with Crippen LogP contribution in [0.15, 0.2) is 47.4 Å². The maximum atomic E-state index is 13.0. The van der Waals surface area contributed by atoms with Crippen LogP contribution < -0.4 is 19.1 Å². The molecule has 9 heteroatoms. The standard InChI is InChI=1S/C20H22N2O6S/c1-13(15-6-4-5-7-17(15)27-2)21-29(25,26)14-8-9-18(28-3)16(12-14)22-19(23)10-11-20(22)24/h4-9,12-13,21H,10-11H2,1-3H3/t13-/m1/s1. The van der Waals surface area contributed by atoms with Crippen LogP contribution in [0.25, 0.3) is 0 Å². The van der Waals surface area contributed by atoms with Crippen LogP contribution in [0.1, 0.15) is 31.4 Å². The maximum Gasteiger partial charge on any atom is 0.241 e. The van der Waals surface area contributed by atoms with E-state index in [1.165, 1.54) is 32.4 Å². The Hall–Kier alpha value is -2.91. The van der Waals surface area contributed by atoms with Gasteiger partial charge in [0.25, 0.3) is 0 Å². The molecule has 0 aliphatic carbocycles. The normalized spacial score (nSPS) is 15.5. The number of hydrogen-bond donors (Lipinski definition) is 1. The number of methoxy groups -OCH3 is 2. The highest BCUT2D eigenvalue weighted by Crippen LogP contribution is 2.35. The molecule has 0 unspecified atom stereocenters. The lowest BCUT2D eigenvalue weighted by molar-refractivity contribution is -0.121. The van der Waals surface area contributed by atoms with Crippen molar-refractivity contribution in [3.8, 4) is 11.5 Å². The number of hydrogen-bond acceptors (Lipinski definition) is 6. The molecule has 1 fully saturated rings. The Labute approximate surface area is 169 Å². The predicted octanol–water partition coefficient (Wildman–Crippen LogP) is 2.40. The monoisotopic (exact) mass is 418 g/mol. The first-order valence-corrected chi connectivity index (χ1v) is 10.5. The molecule has 1 heterocycles. The Morgan fingerprint density at radius 2 is 1.59 bits per heavy atom. The van der Waals surface area contributed by atoms with E-state index in [9.17, 15) is 18.0 Å². The predicted molar refractivity (Wildman–Crippen MR) is 106 cm³/mol. The van der Waals surface area contributed by atoms with E-state index in [-0.39, 0.29) is 29.2 Å². The lowest BCUT2D eigenvalue weighted by Crippen LogP contribution is -2.30. The number of carbonyl (C=O) groups excluding carboxylic acids is 2. The molecule has 1 aliphatic heterocycles. The van der Waals surface area contributed by atoms with Crippen molar-refractivity contribution in [1.29, 1.82) is 0 Å². The van der Waals surface area contributed by atoms with E-state index in [0.717, 1.165) is 4.90 Å². The molecule has 0 aromatic heterocycles. The highest BCUT2D eigenvalue weighted by molar-refractivity contribution is 7.89. The molecule has 2 aromatic rings. The van der Waals surface area contributed by atoms with Gasteiger partial charge in [-0.2, -0.15) is 0 Å². The van der Waals surface area contributed by atoms with Gasteiger partial charge in [-0.25, -0.2) is 18.0 Å². The number of rotatable bonds is 7. The third-order valence-corrected chi connectivity index (χ3v) is 6.23. The first-order chi connectivity index (χ1) is 13.8. The van der Waals surface area contributed by atoms with Crippen LogP contribution in [0.4, 0.5) is 5.69 Å². The van der Waals surface area contributed by atoms with E-state index < -0.39 is 27.9 Å². The van der Waals surface area contributed by atoms with Crippen LogP contribution in [0.5, 0.6) is 11.5 Å². The molecule has 1 N–H and O–H groups in total. The van der Waals surface area contributed by atoms with Crippen LogP contribution in [0, 0.1) is 0 Å². The molecule has 2 aromatic carbocycles. The van der Waals surface area contributed by atoms with Crippen molar-refractivity contribution in [2.45, 2.75) is 30.7 Å². The summed E-state index contributed by atoms with van der Waals surface area (Å²) in [7, 11) is -1.05. The van der Waals surface area contributed by atoms with Crippen LogP contribution in [0.2, 0.25) is 0 Å². The third-order valence-electron chi connectivity index (χ3n) is 4.69. The molecule has 154 valence electrons. The minimum atomic E-state index is -3.96. The van der Waals surface area contributed by atoms with Crippen molar-refractivity contribution in [2.75, 3.05) is 19.1 Å². The van der Waals surface area contributed by atoms with Gasteiger partial charge in [-0.3, -0.25) is 9.59 Å². The van der Waals surface area contributed by atoms with Crippen LogP contribution >= 0.6 is 0 Å². The second kappa shape index (κ2) is 8.22. The van der Waals surface area contributed by atoms with Crippen molar-refractivity contribution in [3.63, 3.8) is 0 Å². The van der Waals surface area contributed by atoms with Gasteiger partial charge < -0.3 is 9.47 Å². The average Bonchev–Trinajstić information content (AvgIpc) is 3.05. The maximum absolute atomic E-state index is 13.0. The number of para-hydroxylation sites is 1. The molecule has 0 radical (unpaired) electrons. The van der Waals surface area contributed by atoms with Gasteiger partial charge >= 0.3 is 0 Å². The summed E-state index contributed by atoms with van der Waals surface area (Å²) in [5.41, 5.74) is 0.796. The third kappa shape index (κ3) is 4.10. The molecular weight excluding hydrogens is 396 g/mol. The van der Waals surface area contributed by atoms with E-state index in [2.05, 4.69) is 4.72 Å². The smallest absolute Gasteiger partial charge is 0.241 e. The van der Waals surface area contributed by atoms with Gasteiger partial charge in [0.15, 0.2) is 0 Å². The molecule has 3 rings (SSSR count). The average molecular weight is 418 g/mol. The SMILES string of the molecule is COc1ccccc1[C@@H](C)NS(=O)(=O)c1ccc(OC)c(N2C(=O)CCC2=O)c1. The molecule has 1 atom stereocenters. The first-order valence-electron chi connectivity index (χ1n) is 8.97. The van der Waals surface area contributed by atoms with E-state index in [1.54, 1.807) is 31.2 Å². The van der Waals surface area contributed by atoms with Crippen molar-refractivity contribution in [2.24, 2.45) is 0 Å². The zero-order chi connectivity index (χ0) is 21.2. The Morgan fingerprint density at radius 1 is 0.966 bits per heavy atom. The van der Waals surface area contributed by atoms with Crippen molar-refractivity contribution in [3.05, 3.63) is 48.0 Å². The van der Waals surface area contributed by atoms with Crippen molar-refractivity contribution >= 4 is 27.5 Å². The molecule has 0 spiro atoms. The van der Waals surface area contributed by atoms with Crippen molar-refractivity contribution in [1.82, 2.24) is 4.72 Å². The highest BCUT2D eigenvalue weighted by atomic mass is 32.2. The quantitative estimate of drug-likeness (QED) is 0.693. The topological polar surface area (TPSA) is 102 Å². The summed E-state index contributed by atoms with van der Waals surface area (Å²) in [6.45, 7) is 1.70. The van der Waals surface area contributed by atoms with Gasteiger partial charge in [0.2, 0.25) is 21.8 Å². The zero-order valence-electron chi connectivity index (χ0n) is 16.3. The molecule has 0 saturated carbocycles. The Kier molecular flexibility index (Phi) is 5.90. The van der Waals surface area contributed by atoms with Gasteiger partial charge in [0, 0.05) is 24.4 Å². The minimum absolute atomic E-state index is 0.0810. The summed E-state index contributed by atoms with van der Waals surface area (Å²) in [6, 6.07) is 10.6. The van der Waals surface area contributed by atoms with Crippen molar-refractivity contribution < 1.29 is 27.5 Å². The highest BCUT2D eigenvalue weighted by Gasteiger charge is 2.33. The summed E-state index contributed by atoms with van der Waals surface area (Å²) >= 11 is 0. The number of nitrogens with one attached hydrogen (secondary N) is 1. The van der Waals surface area contributed by atoms with E-state index in [1.807, 2.05) is 0 Å². The molecular formula is C20H22N2O6S. The van der Waals surface area contributed by atoms with Gasteiger partial charge in [-0.15, -0.1) is 0 Å². The fraction of sp³-hybridized carbons (Fsp3) is 0.300. The molecule has 29 heavy (non-hydrogen) atoms. The first kappa shape index (κ1) is 20.8. The largest absolute Gasteiger partial charge is 0.496 e. The summed E-state index contributed by atoms with van der Waals surface area (Å²) in [5.74, 6) is 0.0214. The van der Waals surface area contributed by atoms with E-state index in [0.29, 0.717) is 11.3 Å². The van der Waals surface area contributed by atoms with Crippen LogP contribution in [-0.2, 0) is 19.6 Å². The second-order valence-electron chi connectivity index (χ2n) is 6.54. The minimum Gasteiger partial charge on any atom is -0.496 e. The second-order valence-corrected chi connectivity index (χ2v) is 8.26. The van der Waals surface area contributed by atoms with E-state index >= 15 is 0 Å². The number of carbonyl (C=O) groups is 2. The lowest BCUT2D eigenvalue weighted by atomic mass is 10.1. The molecule has 8 nitrogen and oxygen atoms in total. The Morgan fingerprint density at radius 3 is 2.21 bits per heavy atom. The number of nitrogens with zero attached hydrogens (tertiary/aromatic N) is 1. The Bertz CT molecular complexity index is 1030. The number of sulfonamides is 1. The van der Waals surface area contributed by atoms with Crippen LogP contribution in [-0.4, -0.2) is 34.5 Å². The summed E-state index contributed by atoms with van der Waals surface area (Å²) < 4.78 is 39.1. The summed E-state index contributed by atoms with van der Waals surface area (Å²) in [4.78, 5) is 25.1. The fourth-order valence-electron chi connectivity index (χ4n) is 3.25. The summed E-state index contributed by atoms with van der Waals surface area (Å²) in [5, 5.41) is 0. The van der Waals surface area contributed by atoms with E-state index in [4.69, 9.17) is 9.47 Å². The zero-order valence-corrected chi connectivity index (χ0v) is 17.2. The van der Waals surface area contributed by atoms with Gasteiger partial charge in [0.1, 0.15) is 11.5 Å². The van der Waals surface area contributed by atoms with Gasteiger partial charge in [-0.1, -0.05) is 18.2 Å². The number of benzene rings is 2. The molecule has 0 bridgehead atoms. The number of anilines is 1. The fourth-order valence-corrected chi connectivity index (χ4v) is 4.49. The summed E-state index contributed by atoms with van der Waals surface area (Å²) in [6.07, 6.45) is 0.171.